The molecular weight excluding hydrogens is 363 g/mol. The number of nitrogen functional groups attached to an aromatic ring is 1. The predicted molar refractivity (Wildman–Crippen MR) is 89.4 cm³/mol. The fourth-order valence-electron chi connectivity index (χ4n) is 3.02. The van der Waals surface area contributed by atoms with Crippen molar-refractivity contribution >= 4 is 32.8 Å². The van der Waals surface area contributed by atoms with Crippen LogP contribution in [0.15, 0.2) is 29.3 Å². The van der Waals surface area contributed by atoms with Gasteiger partial charge in [-0.05, 0) is 29.0 Å². The lowest BCUT2D eigenvalue weighted by atomic mass is 10.1. The molecule has 1 fully saturated rings. The van der Waals surface area contributed by atoms with E-state index >= 15 is 0 Å². The number of pyridine rings is 1. The molecule has 3 aromatic heterocycles. The Hall–Kier alpha value is -2.06. The summed E-state index contributed by atoms with van der Waals surface area (Å²) in [6.45, 7) is 1.90. The third kappa shape index (κ3) is 2.38. The molecule has 0 spiro atoms. The van der Waals surface area contributed by atoms with Crippen LogP contribution in [0, 0.1) is 5.82 Å². The molecule has 0 saturated carbocycles. The van der Waals surface area contributed by atoms with Gasteiger partial charge in [-0.15, -0.1) is 0 Å². The zero-order chi connectivity index (χ0) is 16.1. The maximum atomic E-state index is 14.2. The summed E-state index contributed by atoms with van der Waals surface area (Å²) >= 11 is 3.38. The van der Waals surface area contributed by atoms with E-state index in [0.717, 1.165) is 30.2 Å². The number of hydrogen-bond acceptors (Lipinski definition) is 5. The number of likely N-dealkylation sites (N-methyl/N-ethyl adjacent to an activating group) is 1. The van der Waals surface area contributed by atoms with E-state index in [-0.39, 0.29) is 11.6 Å². The molecule has 1 aliphatic rings. The van der Waals surface area contributed by atoms with Crippen LogP contribution in [0.3, 0.4) is 0 Å². The Balaban J connectivity index is 1.95. The van der Waals surface area contributed by atoms with E-state index in [2.05, 4.69) is 47.4 Å². The average Bonchev–Trinajstić information content (AvgIpc) is 2.84. The smallest absolute Gasteiger partial charge is 0.220 e. The fraction of sp³-hybridized carbons (Fsp3) is 0.267. The van der Waals surface area contributed by atoms with Crippen molar-refractivity contribution in [1.29, 1.82) is 0 Å². The van der Waals surface area contributed by atoms with Crippen molar-refractivity contribution in [3.05, 3.63) is 35.1 Å². The van der Waals surface area contributed by atoms with E-state index in [4.69, 9.17) is 5.73 Å². The monoisotopic (exact) mass is 376 g/mol. The zero-order valence-electron chi connectivity index (χ0n) is 12.4. The molecular formula is C15H14BrFN6. The third-order valence-electron chi connectivity index (χ3n) is 4.14. The molecule has 0 amide bonds. The van der Waals surface area contributed by atoms with Gasteiger partial charge in [0, 0.05) is 30.2 Å². The van der Waals surface area contributed by atoms with Crippen molar-refractivity contribution in [3.63, 3.8) is 0 Å². The Kier molecular flexibility index (Phi) is 3.31. The summed E-state index contributed by atoms with van der Waals surface area (Å²) in [5.74, 6) is -0.435. The SMILES string of the molecule is CN1CC(n2cc(-c3nc(N)ncc3F)c3cc(Br)ncc32)C1. The van der Waals surface area contributed by atoms with Gasteiger partial charge in [0.05, 0.1) is 24.0 Å². The minimum Gasteiger partial charge on any atom is -0.368 e. The van der Waals surface area contributed by atoms with E-state index in [1.807, 2.05) is 12.3 Å². The molecule has 3 aromatic rings. The highest BCUT2D eigenvalue weighted by Gasteiger charge is 2.27. The van der Waals surface area contributed by atoms with Crippen molar-refractivity contribution < 1.29 is 4.39 Å². The Labute approximate surface area is 140 Å². The number of aromatic nitrogens is 4. The molecule has 4 heterocycles. The molecule has 0 aromatic carbocycles. The molecule has 118 valence electrons. The Morgan fingerprint density at radius 1 is 1.30 bits per heavy atom. The van der Waals surface area contributed by atoms with Gasteiger partial charge in [-0.1, -0.05) is 0 Å². The van der Waals surface area contributed by atoms with Crippen LogP contribution in [0.4, 0.5) is 10.3 Å². The van der Waals surface area contributed by atoms with Crippen molar-refractivity contribution in [3.8, 4) is 11.3 Å². The maximum Gasteiger partial charge on any atom is 0.220 e. The van der Waals surface area contributed by atoms with E-state index in [1.54, 1.807) is 6.20 Å². The Bertz CT molecular complexity index is 902. The molecule has 0 bridgehead atoms. The first kappa shape index (κ1) is 14.5. The minimum absolute atomic E-state index is 0.0544. The first-order valence-corrected chi connectivity index (χ1v) is 7.95. The van der Waals surface area contributed by atoms with Crippen LogP contribution in [0.2, 0.25) is 0 Å². The third-order valence-corrected chi connectivity index (χ3v) is 4.58. The van der Waals surface area contributed by atoms with Crippen LogP contribution < -0.4 is 5.73 Å². The van der Waals surface area contributed by atoms with Gasteiger partial charge in [0.15, 0.2) is 5.82 Å². The first-order chi connectivity index (χ1) is 11.0. The number of halogens is 2. The number of fused-ring (bicyclic) bond motifs is 1. The van der Waals surface area contributed by atoms with Crippen molar-refractivity contribution in [1.82, 2.24) is 24.4 Å². The van der Waals surface area contributed by atoms with E-state index < -0.39 is 5.82 Å². The Morgan fingerprint density at radius 3 is 2.83 bits per heavy atom. The summed E-state index contributed by atoms with van der Waals surface area (Å²) < 4.78 is 17.1. The summed E-state index contributed by atoms with van der Waals surface area (Å²) in [7, 11) is 2.07. The largest absolute Gasteiger partial charge is 0.368 e. The number of nitrogens with zero attached hydrogens (tertiary/aromatic N) is 5. The van der Waals surface area contributed by atoms with Gasteiger partial charge in [0.1, 0.15) is 10.3 Å². The number of hydrogen-bond donors (Lipinski definition) is 1. The van der Waals surface area contributed by atoms with Crippen LogP contribution in [0.5, 0.6) is 0 Å². The minimum atomic E-state index is -0.489. The highest BCUT2D eigenvalue weighted by atomic mass is 79.9. The van der Waals surface area contributed by atoms with Gasteiger partial charge in [0.25, 0.3) is 0 Å². The normalized spacial score (nSPS) is 16.0. The molecule has 2 N–H and O–H groups in total. The molecule has 0 radical (unpaired) electrons. The molecule has 4 rings (SSSR count). The van der Waals surface area contributed by atoms with Crippen LogP contribution in [0.1, 0.15) is 6.04 Å². The summed E-state index contributed by atoms with van der Waals surface area (Å²) in [4.78, 5) is 14.3. The standard InChI is InChI=1S/C15H14BrFN6/c1-22-5-8(6-22)23-7-10(9-2-13(16)19-4-12(9)23)14-11(17)3-20-15(18)21-14/h2-4,7-8H,5-6H2,1H3,(H2,18,20,21). The predicted octanol–water partition coefficient (Wildman–Crippen LogP) is 2.46. The summed E-state index contributed by atoms with van der Waals surface area (Å²) in [5, 5.41) is 0.887. The quantitative estimate of drug-likeness (QED) is 0.695. The highest BCUT2D eigenvalue weighted by molar-refractivity contribution is 9.10. The molecule has 0 unspecified atom stereocenters. The second kappa shape index (κ2) is 5.24. The lowest BCUT2D eigenvalue weighted by molar-refractivity contribution is 0.144. The number of likely N-dealkylation sites (tertiary alicyclic amines) is 1. The second-order valence-corrected chi connectivity index (χ2v) is 6.59. The van der Waals surface area contributed by atoms with Gasteiger partial charge in [-0.3, -0.25) is 0 Å². The molecule has 1 aliphatic heterocycles. The van der Waals surface area contributed by atoms with E-state index in [1.165, 1.54) is 0 Å². The molecule has 6 nitrogen and oxygen atoms in total. The fourth-order valence-corrected chi connectivity index (χ4v) is 3.36. The van der Waals surface area contributed by atoms with Crippen molar-refractivity contribution in [2.45, 2.75) is 6.04 Å². The highest BCUT2D eigenvalue weighted by Crippen LogP contribution is 2.35. The van der Waals surface area contributed by atoms with Crippen LogP contribution >= 0.6 is 15.9 Å². The van der Waals surface area contributed by atoms with Gasteiger partial charge in [-0.25, -0.2) is 19.3 Å². The summed E-state index contributed by atoms with van der Waals surface area (Å²) in [5.41, 5.74) is 7.51. The summed E-state index contributed by atoms with van der Waals surface area (Å²) in [6.07, 6.45) is 4.83. The number of rotatable bonds is 2. The van der Waals surface area contributed by atoms with Crippen molar-refractivity contribution in [2.24, 2.45) is 0 Å². The number of nitrogens with two attached hydrogens (primary N) is 1. The number of anilines is 1. The summed E-state index contributed by atoms with van der Waals surface area (Å²) in [6, 6.07) is 2.22. The topological polar surface area (TPSA) is 72.9 Å². The van der Waals surface area contributed by atoms with Crippen LogP contribution in [-0.2, 0) is 0 Å². The first-order valence-electron chi connectivity index (χ1n) is 7.16. The zero-order valence-corrected chi connectivity index (χ0v) is 14.0. The molecule has 0 atom stereocenters. The van der Waals surface area contributed by atoms with Gasteiger partial charge in [-0.2, -0.15) is 0 Å². The van der Waals surface area contributed by atoms with Gasteiger partial charge in [0.2, 0.25) is 5.95 Å². The Morgan fingerprint density at radius 2 is 2.09 bits per heavy atom. The maximum absolute atomic E-state index is 14.2. The van der Waals surface area contributed by atoms with Gasteiger partial charge < -0.3 is 15.2 Å². The molecule has 1 saturated heterocycles. The molecule has 0 aliphatic carbocycles. The lowest BCUT2D eigenvalue weighted by Gasteiger charge is -2.37. The average molecular weight is 377 g/mol. The molecule has 23 heavy (non-hydrogen) atoms. The van der Waals surface area contributed by atoms with E-state index in [0.29, 0.717) is 16.2 Å². The molecule has 8 heteroatoms. The van der Waals surface area contributed by atoms with Crippen LogP contribution in [-0.4, -0.2) is 44.6 Å². The second-order valence-electron chi connectivity index (χ2n) is 5.77. The van der Waals surface area contributed by atoms with Crippen molar-refractivity contribution in [2.75, 3.05) is 25.9 Å². The van der Waals surface area contributed by atoms with Crippen LogP contribution in [0.25, 0.3) is 22.2 Å². The van der Waals surface area contributed by atoms with E-state index in [9.17, 15) is 4.39 Å². The lowest BCUT2D eigenvalue weighted by Crippen LogP contribution is -2.44. The van der Waals surface area contributed by atoms with Gasteiger partial charge >= 0.3 is 0 Å².